The van der Waals surface area contributed by atoms with Gasteiger partial charge in [-0.25, -0.2) is 9.78 Å². The summed E-state index contributed by atoms with van der Waals surface area (Å²) in [5, 5.41) is 6.05. The van der Waals surface area contributed by atoms with Crippen LogP contribution in [0.3, 0.4) is 0 Å². The summed E-state index contributed by atoms with van der Waals surface area (Å²) in [6, 6.07) is 6.31. The van der Waals surface area contributed by atoms with Gasteiger partial charge >= 0.3 is 6.03 Å². The number of benzene rings is 1. The molecule has 6 nitrogen and oxygen atoms in total. The Kier molecular flexibility index (Phi) is 3.49. The molecular weight excluding hydrogens is 292 g/mol. The zero-order valence-electron chi connectivity index (χ0n) is 13.3. The van der Waals surface area contributed by atoms with Crippen molar-refractivity contribution in [2.24, 2.45) is 12.5 Å². The van der Waals surface area contributed by atoms with E-state index in [0.717, 1.165) is 49.1 Å². The number of hydrogen-bond acceptors (Lipinski definition) is 3. The molecule has 1 saturated carbocycles. The van der Waals surface area contributed by atoms with Crippen LogP contribution in [0.5, 0.6) is 0 Å². The van der Waals surface area contributed by atoms with Crippen molar-refractivity contribution in [3.05, 3.63) is 30.1 Å². The van der Waals surface area contributed by atoms with Crippen molar-refractivity contribution >= 4 is 17.1 Å². The van der Waals surface area contributed by atoms with Crippen molar-refractivity contribution in [2.75, 3.05) is 13.2 Å². The molecule has 2 aromatic rings. The van der Waals surface area contributed by atoms with E-state index in [1.165, 1.54) is 0 Å². The quantitative estimate of drug-likeness (QED) is 0.910. The number of imidazole rings is 1. The number of amides is 2. The van der Waals surface area contributed by atoms with Gasteiger partial charge in [0, 0.05) is 32.8 Å². The molecule has 1 aliphatic carbocycles. The first-order valence-electron chi connectivity index (χ1n) is 8.18. The lowest BCUT2D eigenvalue weighted by Gasteiger charge is -2.22. The van der Waals surface area contributed by atoms with Gasteiger partial charge in [-0.1, -0.05) is 6.07 Å². The van der Waals surface area contributed by atoms with Gasteiger partial charge in [-0.3, -0.25) is 0 Å². The second kappa shape index (κ2) is 5.53. The van der Waals surface area contributed by atoms with E-state index >= 15 is 0 Å². The molecule has 2 amide bonds. The van der Waals surface area contributed by atoms with Crippen molar-refractivity contribution in [3.63, 3.8) is 0 Å². The van der Waals surface area contributed by atoms with E-state index in [0.29, 0.717) is 18.0 Å². The average Bonchev–Trinajstić information content (AvgIpc) is 3.06. The summed E-state index contributed by atoms with van der Waals surface area (Å²) in [5.74, 6) is 0. The zero-order chi connectivity index (χ0) is 15.9. The number of rotatable bonds is 3. The number of nitrogens with one attached hydrogen (secondary N) is 2. The van der Waals surface area contributed by atoms with Crippen LogP contribution >= 0.6 is 0 Å². The molecule has 1 spiro atoms. The van der Waals surface area contributed by atoms with Gasteiger partial charge in [0.25, 0.3) is 0 Å². The van der Waals surface area contributed by atoms with Crippen LogP contribution in [0.25, 0.3) is 11.0 Å². The topological polar surface area (TPSA) is 68.2 Å². The Bertz CT molecular complexity index is 733. The standard InChI is InChI=1S/C17H22N4O2/c1-21-11-19-13-8-12(2-3-14(13)21)10-18-16(22)20-15-9-17(15)4-6-23-7-5-17/h2-3,8,11,15H,4-7,9-10H2,1H3,(H2,18,20,22). The van der Waals surface area contributed by atoms with Crippen molar-refractivity contribution in [2.45, 2.75) is 31.8 Å². The van der Waals surface area contributed by atoms with Gasteiger partial charge < -0.3 is 19.9 Å². The van der Waals surface area contributed by atoms with Crippen molar-refractivity contribution < 1.29 is 9.53 Å². The SMILES string of the molecule is Cn1cnc2cc(CNC(=O)NC3CC34CCOCC4)ccc21. The van der Waals surface area contributed by atoms with Gasteiger partial charge in [0.05, 0.1) is 17.4 Å². The molecular formula is C17H22N4O2. The van der Waals surface area contributed by atoms with Crippen molar-refractivity contribution in [1.29, 1.82) is 0 Å². The fourth-order valence-corrected chi connectivity index (χ4v) is 3.57. The normalized spacial score (nSPS) is 22.2. The number of hydrogen-bond donors (Lipinski definition) is 2. The molecule has 1 unspecified atom stereocenters. The first-order valence-corrected chi connectivity index (χ1v) is 8.18. The lowest BCUT2D eigenvalue weighted by atomic mass is 9.96. The maximum atomic E-state index is 12.1. The van der Waals surface area contributed by atoms with Crippen LogP contribution in [0.2, 0.25) is 0 Å². The Labute approximate surface area is 135 Å². The molecule has 2 aliphatic rings. The summed E-state index contributed by atoms with van der Waals surface area (Å²) in [4.78, 5) is 16.4. The van der Waals surface area contributed by atoms with Crippen LogP contribution in [0.1, 0.15) is 24.8 Å². The predicted octanol–water partition coefficient (Wildman–Crippen LogP) is 1.94. The monoisotopic (exact) mass is 314 g/mol. The number of urea groups is 1. The maximum Gasteiger partial charge on any atom is 0.315 e. The number of aryl methyl sites for hydroxylation is 1. The van der Waals surface area contributed by atoms with Gasteiger partial charge in [0.15, 0.2) is 0 Å². The molecule has 0 radical (unpaired) electrons. The molecule has 2 N–H and O–H groups in total. The van der Waals surface area contributed by atoms with Crippen molar-refractivity contribution in [1.82, 2.24) is 20.2 Å². The number of nitrogens with zero attached hydrogens (tertiary/aromatic N) is 2. The summed E-state index contributed by atoms with van der Waals surface area (Å²) >= 11 is 0. The largest absolute Gasteiger partial charge is 0.381 e. The zero-order valence-corrected chi connectivity index (χ0v) is 13.3. The third-order valence-corrected chi connectivity index (χ3v) is 5.23. The Morgan fingerprint density at radius 2 is 2.26 bits per heavy atom. The number of carbonyl (C=O) groups excluding carboxylic acids is 1. The summed E-state index contributed by atoms with van der Waals surface area (Å²) in [5.41, 5.74) is 3.42. The van der Waals surface area contributed by atoms with E-state index in [9.17, 15) is 4.79 Å². The molecule has 1 aliphatic heterocycles. The summed E-state index contributed by atoms with van der Waals surface area (Å²) in [6.07, 6.45) is 5.02. The van der Waals surface area contributed by atoms with Crippen molar-refractivity contribution in [3.8, 4) is 0 Å². The molecule has 0 bridgehead atoms. The van der Waals surface area contributed by atoms with E-state index in [1.807, 2.05) is 29.8 Å². The number of carbonyl (C=O) groups is 1. The van der Waals surface area contributed by atoms with E-state index in [1.54, 1.807) is 6.33 Å². The van der Waals surface area contributed by atoms with Crippen LogP contribution in [0.4, 0.5) is 4.79 Å². The van der Waals surface area contributed by atoms with Gasteiger partial charge in [-0.15, -0.1) is 0 Å². The van der Waals surface area contributed by atoms with E-state index in [2.05, 4.69) is 15.6 Å². The highest BCUT2D eigenvalue weighted by atomic mass is 16.5. The summed E-state index contributed by atoms with van der Waals surface area (Å²) < 4.78 is 7.39. The number of aromatic nitrogens is 2. The Morgan fingerprint density at radius 3 is 3.09 bits per heavy atom. The van der Waals surface area contributed by atoms with Gasteiger partial charge in [0.1, 0.15) is 0 Å². The number of fused-ring (bicyclic) bond motifs is 1. The highest BCUT2D eigenvalue weighted by molar-refractivity contribution is 5.77. The molecule has 4 rings (SSSR count). The van der Waals surface area contributed by atoms with Crippen LogP contribution < -0.4 is 10.6 Å². The van der Waals surface area contributed by atoms with Crippen LogP contribution in [0.15, 0.2) is 24.5 Å². The minimum atomic E-state index is -0.0838. The molecule has 2 fully saturated rings. The highest BCUT2D eigenvalue weighted by Gasteiger charge is 2.54. The highest BCUT2D eigenvalue weighted by Crippen LogP contribution is 2.53. The van der Waals surface area contributed by atoms with Gasteiger partial charge in [-0.05, 0) is 42.4 Å². The Hall–Kier alpha value is -2.08. The molecule has 6 heteroatoms. The molecule has 2 heterocycles. The fourth-order valence-electron chi connectivity index (χ4n) is 3.57. The Morgan fingerprint density at radius 1 is 1.43 bits per heavy atom. The third kappa shape index (κ3) is 2.79. The smallest absolute Gasteiger partial charge is 0.315 e. The fraction of sp³-hybridized carbons (Fsp3) is 0.529. The average molecular weight is 314 g/mol. The van der Waals surface area contributed by atoms with Gasteiger partial charge in [-0.2, -0.15) is 0 Å². The first-order chi connectivity index (χ1) is 11.2. The van der Waals surface area contributed by atoms with E-state index in [4.69, 9.17) is 4.74 Å². The summed E-state index contributed by atoms with van der Waals surface area (Å²) in [6.45, 7) is 2.16. The molecule has 1 aromatic carbocycles. The summed E-state index contributed by atoms with van der Waals surface area (Å²) in [7, 11) is 1.97. The Balaban J connectivity index is 1.31. The van der Waals surface area contributed by atoms with E-state index < -0.39 is 0 Å². The maximum absolute atomic E-state index is 12.1. The number of ether oxygens (including phenoxy) is 1. The molecule has 1 saturated heterocycles. The minimum Gasteiger partial charge on any atom is -0.381 e. The first kappa shape index (κ1) is 14.5. The van der Waals surface area contributed by atoms with Crippen LogP contribution in [-0.2, 0) is 18.3 Å². The lowest BCUT2D eigenvalue weighted by molar-refractivity contribution is 0.0547. The minimum absolute atomic E-state index is 0.0838. The molecule has 122 valence electrons. The van der Waals surface area contributed by atoms with Gasteiger partial charge in [0.2, 0.25) is 0 Å². The second-order valence-corrected chi connectivity index (χ2v) is 6.74. The predicted molar refractivity (Wildman–Crippen MR) is 87.0 cm³/mol. The lowest BCUT2D eigenvalue weighted by Crippen LogP contribution is -2.39. The van der Waals surface area contributed by atoms with Crippen LogP contribution in [0, 0.1) is 5.41 Å². The molecule has 1 atom stereocenters. The second-order valence-electron chi connectivity index (χ2n) is 6.74. The third-order valence-electron chi connectivity index (χ3n) is 5.23. The van der Waals surface area contributed by atoms with Crippen LogP contribution in [-0.4, -0.2) is 34.8 Å². The molecule has 23 heavy (non-hydrogen) atoms. The van der Waals surface area contributed by atoms with E-state index in [-0.39, 0.29) is 6.03 Å². The molecule has 1 aromatic heterocycles.